The van der Waals surface area contributed by atoms with Gasteiger partial charge in [-0.25, -0.2) is 4.79 Å². The standard InChI is InChI=1S/C15H16O4/c1-2-18-9-10-19-14-8-7-13(15(16)17)11-5-3-4-6-12(11)14/h3-8H,2,9-10H2,1H3,(H,16,17). The predicted molar refractivity (Wildman–Crippen MR) is 72.9 cm³/mol. The summed E-state index contributed by atoms with van der Waals surface area (Å²) in [5.41, 5.74) is 0.285. The molecule has 0 amide bonds. The minimum atomic E-state index is -0.933. The van der Waals surface area contributed by atoms with E-state index in [9.17, 15) is 4.79 Å². The maximum Gasteiger partial charge on any atom is 0.336 e. The topological polar surface area (TPSA) is 55.8 Å². The Hall–Kier alpha value is -2.07. The highest BCUT2D eigenvalue weighted by atomic mass is 16.5. The van der Waals surface area contributed by atoms with E-state index in [-0.39, 0.29) is 5.56 Å². The molecule has 0 aliphatic carbocycles. The Balaban J connectivity index is 2.30. The molecule has 0 radical (unpaired) electrons. The second-order valence-corrected chi connectivity index (χ2v) is 4.01. The van der Waals surface area contributed by atoms with Gasteiger partial charge in [-0.1, -0.05) is 24.3 Å². The molecule has 2 rings (SSSR count). The Labute approximate surface area is 111 Å². The Morgan fingerprint density at radius 1 is 1.11 bits per heavy atom. The first-order valence-electron chi connectivity index (χ1n) is 6.19. The molecule has 0 aliphatic heterocycles. The Morgan fingerprint density at radius 2 is 1.84 bits per heavy atom. The molecule has 4 nitrogen and oxygen atoms in total. The minimum Gasteiger partial charge on any atom is -0.491 e. The van der Waals surface area contributed by atoms with E-state index < -0.39 is 5.97 Å². The van der Waals surface area contributed by atoms with Gasteiger partial charge in [-0.05, 0) is 24.4 Å². The van der Waals surface area contributed by atoms with Crippen molar-refractivity contribution in [2.75, 3.05) is 19.8 Å². The van der Waals surface area contributed by atoms with Crippen LogP contribution in [0, 0.1) is 0 Å². The highest BCUT2D eigenvalue weighted by molar-refractivity contribution is 6.05. The van der Waals surface area contributed by atoms with Crippen LogP contribution in [0.4, 0.5) is 0 Å². The summed E-state index contributed by atoms with van der Waals surface area (Å²) < 4.78 is 10.8. The molecule has 0 atom stereocenters. The smallest absolute Gasteiger partial charge is 0.336 e. The normalized spacial score (nSPS) is 10.6. The molecule has 19 heavy (non-hydrogen) atoms. The molecule has 0 saturated carbocycles. The van der Waals surface area contributed by atoms with Crippen LogP contribution < -0.4 is 4.74 Å². The molecular weight excluding hydrogens is 244 g/mol. The zero-order valence-corrected chi connectivity index (χ0v) is 10.8. The SMILES string of the molecule is CCOCCOc1ccc(C(=O)O)c2ccccc12. The van der Waals surface area contributed by atoms with Gasteiger partial charge in [0, 0.05) is 12.0 Å². The third-order valence-corrected chi connectivity index (χ3v) is 2.80. The molecule has 2 aromatic carbocycles. The van der Waals surface area contributed by atoms with Crippen molar-refractivity contribution in [3.63, 3.8) is 0 Å². The van der Waals surface area contributed by atoms with Crippen LogP contribution >= 0.6 is 0 Å². The number of hydrogen-bond donors (Lipinski definition) is 1. The Kier molecular flexibility index (Phi) is 4.36. The number of benzene rings is 2. The molecule has 0 saturated heterocycles. The van der Waals surface area contributed by atoms with E-state index in [0.717, 1.165) is 5.39 Å². The lowest BCUT2D eigenvalue weighted by molar-refractivity contribution is 0.0699. The van der Waals surface area contributed by atoms with Crippen molar-refractivity contribution < 1.29 is 19.4 Å². The zero-order valence-electron chi connectivity index (χ0n) is 10.8. The van der Waals surface area contributed by atoms with Crippen LogP contribution in [0.5, 0.6) is 5.75 Å². The van der Waals surface area contributed by atoms with Crippen LogP contribution in [0.3, 0.4) is 0 Å². The molecule has 100 valence electrons. The average molecular weight is 260 g/mol. The summed E-state index contributed by atoms with van der Waals surface area (Å²) in [6.45, 7) is 3.55. The summed E-state index contributed by atoms with van der Waals surface area (Å²) in [5, 5.41) is 10.6. The van der Waals surface area contributed by atoms with Crippen molar-refractivity contribution in [2.45, 2.75) is 6.92 Å². The number of carbonyl (C=O) groups is 1. The quantitative estimate of drug-likeness (QED) is 0.811. The first kappa shape index (κ1) is 13.4. The lowest BCUT2D eigenvalue weighted by Gasteiger charge is -2.11. The Bertz CT molecular complexity index is 577. The summed E-state index contributed by atoms with van der Waals surface area (Å²) in [6, 6.07) is 10.6. The summed E-state index contributed by atoms with van der Waals surface area (Å²) in [7, 11) is 0. The fourth-order valence-corrected chi connectivity index (χ4v) is 1.94. The molecular formula is C15H16O4. The summed E-state index contributed by atoms with van der Waals surface area (Å²) >= 11 is 0. The second kappa shape index (κ2) is 6.20. The van der Waals surface area contributed by atoms with E-state index in [1.54, 1.807) is 18.2 Å². The van der Waals surface area contributed by atoms with Crippen molar-refractivity contribution in [2.24, 2.45) is 0 Å². The zero-order chi connectivity index (χ0) is 13.7. The highest BCUT2D eigenvalue weighted by Crippen LogP contribution is 2.28. The van der Waals surface area contributed by atoms with Crippen LogP contribution in [0.2, 0.25) is 0 Å². The van der Waals surface area contributed by atoms with Gasteiger partial charge < -0.3 is 14.6 Å². The molecule has 4 heteroatoms. The number of fused-ring (bicyclic) bond motifs is 1. The van der Waals surface area contributed by atoms with E-state index in [2.05, 4.69) is 0 Å². The van der Waals surface area contributed by atoms with E-state index >= 15 is 0 Å². The number of hydrogen-bond acceptors (Lipinski definition) is 3. The van der Waals surface area contributed by atoms with Gasteiger partial charge >= 0.3 is 5.97 Å². The van der Waals surface area contributed by atoms with Crippen LogP contribution in [0.25, 0.3) is 10.8 Å². The Morgan fingerprint density at radius 3 is 2.53 bits per heavy atom. The number of carboxylic acid groups (broad SMARTS) is 1. The average Bonchev–Trinajstić information content (AvgIpc) is 2.43. The largest absolute Gasteiger partial charge is 0.491 e. The molecule has 0 spiro atoms. The minimum absolute atomic E-state index is 0.285. The number of ether oxygens (including phenoxy) is 2. The third kappa shape index (κ3) is 3.03. The number of aromatic carboxylic acids is 1. The molecule has 0 unspecified atom stereocenters. The molecule has 0 aliphatic rings. The predicted octanol–water partition coefficient (Wildman–Crippen LogP) is 2.95. The number of carboxylic acids is 1. The van der Waals surface area contributed by atoms with E-state index in [4.69, 9.17) is 14.6 Å². The van der Waals surface area contributed by atoms with E-state index in [1.807, 2.05) is 25.1 Å². The van der Waals surface area contributed by atoms with Gasteiger partial charge in [-0.2, -0.15) is 0 Å². The monoisotopic (exact) mass is 260 g/mol. The summed E-state index contributed by atoms with van der Waals surface area (Å²) in [4.78, 5) is 11.2. The first-order chi connectivity index (χ1) is 9.24. The van der Waals surface area contributed by atoms with Crippen molar-refractivity contribution in [1.82, 2.24) is 0 Å². The van der Waals surface area contributed by atoms with Crippen molar-refractivity contribution in [3.05, 3.63) is 42.0 Å². The fourth-order valence-electron chi connectivity index (χ4n) is 1.94. The summed E-state index contributed by atoms with van der Waals surface area (Å²) in [5.74, 6) is -0.252. The lowest BCUT2D eigenvalue weighted by atomic mass is 10.0. The molecule has 0 fully saturated rings. The highest BCUT2D eigenvalue weighted by Gasteiger charge is 2.11. The van der Waals surface area contributed by atoms with Crippen molar-refractivity contribution in [1.29, 1.82) is 0 Å². The number of rotatable bonds is 6. The molecule has 0 heterocycles. The molecule has 0 bridgehead atoms. The van der Waals surface area contributed by atoms with Gasteiger partial charge in [0.25, 0.3) is 0 Å². The summed E-state index contributed by atoms with van der Waals surface area (Å²) in [6.07, 6.45) is 0. The van der Waals surface area contributed by atoms with Gasteiger partial charge in [0.05, 0.1) is 12.2 Å². The molecule has 0 aromatic heterocycles. The fraction of sp³-hybridized carbons (Fsp3) is 0.267. The van der Waals surface area contributed by atoms with E-state index in [0.29, 0.717) is 31.0 Å². The van der Waals surface area contributed by atoms with Gasteiger partial charge in [-0.15, -0.1) is 0 Å². The maximum absolute atomic E-state index is 11.2. The first-order valence-corrected chi connectivity index (χ1v) is 6.19. The molecule has 1 N–H and O–H groups in total. The molecule has 2 aromatic rings. The van der Waals surface area contributed by atoms with Gasteiger partial charge in [0.1, 0.15) is 12.4 Å². The van der Waals surface area contributed by atoms with Crippen LogP contribution in [-0.2, 0) is 4.74 Å². The lowest BCUT2D eigenvalue weighted by Crippen LogP contribution is -2.07. The van der Waals surface area contributed by atoms with Crippen molar-refractivity contribution >= 4 is 16.7 Å². The van der Waals surface area contributed by atoms with Crippen LogP contribution in [0.1, 0.15) is 17.3 Å². The second-order valence-electron chi connectivity index (χ2n) is 4.01. The maximum atomic E-state index is 11.2. The van der Waals surface area contributed by atoms with E-state index in [1.165, 1.54) is 0 Å². The van der Waals surface area contributed by atoms with Crippen LogP contribution in [-0.4, -0.2) is 30.9 Å². The van der Waals surface area contributed by atoms with Gasteiger partial charge in [-0.3, -0.25) is 0 Å². The van der Waals surface area contributed by atoms with Crippen molar-refractivity contribution in [3.8, 4) is 5.75 Å². The van der Waals surface area contributed by atoms with Gasteiger partial charge in [0.15, 0.2) is 0 Å². The van der Waals surface area contributed by atoms with Gasteiger partial charge in [0.2, 0.25) is 0 Å². The van der Waals surface area contributed by atoms with Crippen LogP contribution in [0.15, 0.2) is 36.4 Å². The third-order valence-electron chi connectivity index (χ3n) is 2.80.